The summed E-state index contributed by atoms with van der Waals surface area (Å²) in [7, 11) is -3.19. The standard InChI is InChI=1S/C27H26N6O3S2/c28-17-38(34,35)13-12-29-16-26-30-15-25(37-26)19-6-11-23-24(14-19)31-18-32-27(23)33-20-7-9-22(10-8-20)36-21-4-2-1-3-5-21/h1-11,14-15,18,29H,12-13,16-17,28H2,(H,31,32,33). The molecule has 0 radical (unpaired) electrons. The maximum Gasteiger partial charge on any atom is 0.164 e. The summed E-state index contributed by atoms with van der Waals surface area (Å²) in [6, 6.07) is 23.4. The first-order valence-corrected chi connectivity index (χ1v) is 14.5. The van der Waals surface area contributed by atoms with E-state index in [0.29, 0.717) is 18.9 Å². The van der Waals surface area contributed by atoms with Crippen LogP contribution in [0.3, 0.4) is 0 Å². The minimum atomic E-state index is -3.19. The molecule has 4 N–H and O–H groups in total. The fraction of sp³-hybridized carbons (Fsp3) is 0.148. The van der Waals surface area contributed by atoms with Gasteiger partial charge in [-0.15, -0.1) is 11.3 Å². The van der Waals surface area contributed by atoms with Crippen molar-refractivity contribution in [3.8, 4) is 21.9 Å². The number of ether oxygens (including phenoxy) is 1. The largest absolute Gasteiger partial charge is 0.457 e. The van der Waals surface area contributed by atoms with E-state index >= 15 is 0 Å². The fourth-order valence-corrected chi connectivity index (χ4v) is 5.22. The second kappa shape index (κ2) is 11.7. The molecule has 2 aromatic heterocycles. The number of thiazole rings is 1. The molecule has 5 rings (SSSR count). The molecule has 0 bridgehead atoms. The quantitative estimate of drug-likeness (QED) is 0.202. The molecule has 0 saturated carbocycles. The number of nitrogens with two attached hydrogens (primary N) is 1. The van der Waals surface area contributed by atoms with Crippen molar-refractivity contribution in [2.75, 3.05) is 23.5 Å². The van der Waals surface area contributed by atoms with Crippen molar-refractivity contribution in [1.82, 2.24) is 20.3 Å². The topological polar surface area (TPSA) is 132 Å². The minimum Gasteiger partial charge on any atom is -0.457 e. The van der Waals surface area contributed by atoms with Gasteiger partial charge in [-0.3, -0.25) is 0 Å². The van der Waals surface area contributed by atoms with Gasteiger partial charge in [0.15, 0.2) is 9.84 Å². The first-order valence-electron chi connectivity index (χ1n) is 11.9. The molecule has 38 heavy (non-hydrogen) atoms. The first kappa shape index (κ1) is 25.7. The Morgan fingerprint density at radius 2 is 1.71 bits per heavy atom. The molecule has 9 nitrogen and oxygen atoms in total. The van der Waals surface area contributed by atoms with Gasteiger partial charge in [0.2, 0.25) is 0 Å². The van der Waals surface area contributed by atoms with Gasteiger partial charge in [0.1, 0.15) is 28.7 Å². The highest BCUT2D eigenvalue weighted by Gasteiger charge is 2.10. The second-order valence-electron chi connectivity index (χ2n) is 8.43. The monoisotopic (exact) mass is 546 g/mol. The third-order valence-electron chi connectivity index (χ3n) is 5.69. The second-order valence-corrected chi connectivity index (χ2v) is 11.8. The molecule has 0 spiro atoms. The Bertz CT molecular complexity index is 1620. The van der Waals surface area contributed by atoms with E-state index in [-0.39, 0.29) is 11.6 Å². The zero-order chi connectivity index (χ0) is 26.4. The predicted molar refractivity (Wildman–Crippen MR) is 151 cm³/mol. The normalized spacial score (nSPS) is 11.5. The van der Waals surface area contributed by atoms with E-state index in [1.165, 1.54) is 0 Å². The van der Waals surface area contributed by atoms with Crippen molar-refractivity contribution in [1.29, 1.82) is 0 Å². The third kappa shape index (κ3) is 6.50. The van der Waals surface area contributed by atoms with Crippen molar-refractivity contribution in [3.63, 3.8) is 0 Å². The van der Waals surface area contributed by atoms with Crippen molar-refractivity contribution < 1.29 is 13.2 Å². The molecule has 0 atom stereocenters. The number of fused-ring (bicyclic) bond motifs is 1. The lowest BCUT2D eigenvalue weighted by atomic mass is 10.1. The van der Waals surface area contributed by atoms with E-state index < -0.39 is 9.84 Å². The molecule has 0 amide bonds. The van der Waals surface area contributed by atoms with Crippen LogP contribution >= 0.6 is 11.3 Å². The van der Waals surface area contributed by atoms with Gasteiger partial charge in [-0.1, -0.05) is 24.3 Å². The van der Waals surface area contributed by atoms with Crippen molar-refractivity contribution >= 4 is 43.6 Å². The predicted octanol–water partition coefficient (Wildman–Crippen LogP) is 4.71. The van der Waals surface area contributed by atoms with E-state index in [4.69, 9.17) is 10.5 Å². The van der Waals surface area contributed by atoms with Gasteiger partial charge in [-0.25, -0.2) is 23.4 Å². The van der Waals surface area contributed by atoms with Gasteiger partial charge in [0.05, 0.1) is 22.0 Å². The summed E-state index contributed by atoms with van der Waals surface area (Å²) in [5.74, 6) is 1.91. The lowest BCUT2D eigenvalue weighted by molar-refractivity contribution is 0.483. The summed E-state index contributed by atoms with van der Waals surface area (Å²) in [6.07, 6.45) is 3.36. The maximum atomic E-state index is 11.5. The Kier molecular flexibility index (Phi) is 7.89. The number of nitrogens with zero attached hydrogens (tertiary/aromatic N) is 3. The number of hydrogen-bond acceptors (Lipinski definition) is 10. The molecule has 0 aliphatic carbocycles. The summed E-state index contributed by atoms with van der Waals surface area (Å²) >= 11 is 1.55. The average Bonchev–Trinajstić information content (AvgIpc) is 3.42. The zero-order valence-electron chi connectivity index (χ0n) is 20.4. The van der Waals surface area contributed by atoms with E-state index in [1.54, 1.807) is 17.7 Å². The Balaban J connectivity index is 1.25. The lowest BCUT2D eigenvalue weighted by Gasteiger charge is -2.10. The molecule has 11 heteroatoms. The van der Waals surface area contributed by atoms with Gasteiger partial charge >= 0.3 is 0 Å². The summed E-state index contributed by atoms with van der Waals surface area (Å²) < 4.78 is 28.9. The highest BCUT2D eigenvalue weighted by Crippen LogP contribution is 2.31. The molecule has 2 heterocycles. The number of aromatic nitrogens is 3. The van der Waals surface area contributed by atoms with Gasteiger partial charge < -0.3 is 21.1 Å². The van der Waals surface area contributed by atoms with Crippen LogP contribution in [-0.2, 0) is 16.4 Å². The van der Waals surface area contributed by atoms with Crippen LogP contribution in [0.25, 0.3) is 21.3 Å². The number of nitrogens with one attached hydrogen (secondary N) is 2. The van der Waals surface area contributed by atoms with Crippen molar-refractivity contribution in [2.45, 2.75) is 6.54 Å². The number of anilines is 2. The third-order valence-corrected chi connectivity index (χ3v) is 8.07. The van der Waals surface area contributed by atoms with Crippen LogP contribution in [0.15, 0.2) is 85.3 Å². The van der Waals surface area contributed by atoms with Gasteiger partial charge in [-0.05, 0) is 54.1 Å². The summed E-state index contributed by atoms with van der Waals surface area (Å²) in [6.45, 7) is 0.823. The zero-order valence-corrected chi connectivity index (χ0v) is 22.0. The number of hydrogen-bond donors (Lipinski definition) is 3. The van der Waals surface area contributed by atoms with E-state index in [0.717, 1.165) is 43.5 Å². The van der Waals surface area contributed by atoms with Crippen molar-refractivity contribution in [3.05, 3.63) is 90.3 Å². The molecule has 0 aliphatic heterocycles. The summed E-state index contributed by atoms with van der Waals surface area (Å²) in [4.78, 5) is 14.4. The van der Waals surface area contributed by atoms with Crippen LogP contribution < -0.4 is 21.1 Å². The molecule has 0 aliphatic rings. The number of benzene rings is 3. The van der Waals surface area contributed by atoms with Gasteiger partial charge in [0, 0.05) is 30.4 Å². The van der Waals surface area contributed by atoms with Crippen LogP contribution in [0.4, 0.5) is 11.5 Å². The van der Waals surface area contributed by atoms with Crippen LogP contribution in [0.5, 0.6) is 11.5 Å². The number of sulfone groups is 1. The number of rotatable bonds is 11. The molecule has 194 valence electrons. The Morgan fingerprint density at radius 1 is 0.921 bits per heavy atom. The van der Waals surface area contributed by atoms with Crippen LogP contribution in [0.2, 0.25) is 0 Å². The molecule has 0 fully saturated rings. The molecular formula is C27H26N6O3S2. The minimum absolute atomic E-state index is 0.00803. The molecule has 0 unspecified atom stereocenters. The van der Waals surface area contributed by atoms with Crippen LogP contribution in [-0.4, -0.2) is 41.5 Å². The van der Waals surface area contributed by atoms with Crippen molar-refractivity contribution in [2.24, 2.45) is 5.73 Å². The number of para-hydroxylation sites is 1. The fourth-order valence-electron chi connectivity index (χ4n) is 3.71. The highest BCUT2D eigenvalue weighted by molar-refractivity contribution is 7.91. The van der Waals surface area contributed by atoms with E-state index in [2.05, 4.69) is 25.6 Å². The smallest absolute Gasteiger partial charge is 0.164 e. The Hall–Kier alpha value is -3.90. The lowest BCUT2D eigenvalue weighted by Crippen LogP contribution is -2.26. The maximum absolute atomic E-state index is 11.5. The highest BCUT2D eigenvalue weighted by atomic mass is 32.2. The average molecular weight is 547 g/mol. The SMILES string of the molecule is NCS(=O)(=O)CCNCc1ncc(-c2ccc3c(Nc4ccc(Oc5ccccc5)cc4)ncnc3c2)s1. The molecule has 0 saturated heterocycles. The molecular weight excluding hydrogens is 520 g/mol. The van der Waals surface area contributed by atoms with E-state index in [9.17, 15) is 8.42 Å². The summed E-state index contributed by atoms with van der Waals surface area (Å²) in [5, 5.41) is 8.25. The van der Waals surface area contributed by atoms with Crippen LogP contribution in [0.1, 0.15) is 5.01 Å². The summed E-state index contributed by atoms with van der Waals surface area (Å²) in [5.41, 5.74) is 7.93. The molecule has 3 aromatic carbocycles. The Labute approximate surface area is 224 Å². The van der Waals surface area contributed by atoms with Gasteiger partial charge in [-0.2, -0.15) is 0 Å². The van der Waals surface area contributed by atoms with Crippen LogP contribution in [0, 0.1) is 0 Å². The first-order chi connectivity index (χ1) is 18.5. The Morgan fingerprint density at radius 3 is 2.50 bits per heavy atom. The van der Waals surface area contributed by atoms with Gasteiger partial charge in [0.25, 0.3) is 0 Å². The van der Waals surface area contributed by atoms with E-state index in [1.807, 2.05) is 79.0 Å². The molecule has 5 aromatic rings.